The number of unbranched alkanes of at least 4 members (excludes halogenated alkanes) is 15. The molecular formula is C28H59NO5P+. The van der Waals surface area contributed by atoms with E-state index in [4.69, 9.17) is 9.05 Å². The largest absolute Gasteiger partial charge is 0.472 e. The molecule has 2 atom stereocenters. The van der Waals surface area contributed by atoms with Gasteiger partial charge in [0.2, 0.25) is 0 Å². The summed E-state index contributed by atoms with van der Waals surface area (Å²) in [6, 6.07) is 0. The molecule has 0 aromatic carbocycles. The van der Waals surface area contributed by atoms with Crippen LogP contribution >= 0.6 is 7.82 Å². The Hall–Kier alpha value is -0.260. The van der Waals surface area contributed by atoms with Crippen molar-refractivity contribution in [3.05, 3.63) is 0 Å². The number of phosphoric ester groups is 1. The van der Waals surface area contributed by atoms with Gasteiger partial charge in [0.25, 0.3) is 0 Å². The van der Waals surface area contributed by atoms with Crippen LogP contribution in [0, 0.1) is 5.92 Å². The lowest BCUT2D eigenvalue weighted by Gasteiger charge is -2.19. The number of carbonyl (C=O) groups excluding carboxylic acids is 1. The van der Waals surface area contributed by atoms with Crippen LogP contribution in [0.15, 0.2) is 0 Å². The van der Waals surface area contributed by atoms with E-state index in [2.05, 4.69) is 6.92 Å². The maximum absolute atomic E-state index is 12.1. The molecule has 0 aliphatic heterocycles. The van der Waals surface area contributed by atoms with Crippen molar-refractivity contribution in [3.8, 4) is 0 Å². The van der Waals surface area contributed by atoms with Gasteiger partial charge in [-0.25, -0.2) is 4.57 Å². The smallest absolute Gasteiger partial charge is 0.338 e. The summed E-state index contributed by atoms with van der Waals surface area (Å²) >= 11 is 0. The third-order valence-electron chi connectivity index (χ3n) is 6.71. The predicted octanol–water partition coefficient (Wildman–Crippen LogP) is 6.90. The van der Waals surface area contributed by atoms with E-state index in [-0.39, 0.29) is 24.9 Å². The van der Waals surface area contributed by atoms with Crippen LogP contribution in [0.25, 0.3) is 0 Å². The van der Waals surface area contributed by atoms with Crippen molar-refractivity contribution in [3.63, 3.8) is 0 Å². The van der Waals surface area contributed by atoms with Gasteiger partial charge in [-0.1, -0.05) is 117 Å². The third-order valence-corrected chi connectivity index (χ3v) is 7.69. The zero-order valence-electron chi connectivity index (χ0n) is 23.7. The number of hydrogen-bond acceptors (Lipinski definition) is 4. The molecule has 0 rings (SSSR count). The number of rotatable bonds is 27. The molecule has 6 nitrogen and oxygen atoms in total. The van der Waals surface area contributed by atoms with Gasteiger partial charge < -0.3 is 9.79 Å². The van der Waals surface area contributed by atoms with E-state index in [1.807, 2.05) is 21.0 Å². The molecule has 0 radical (unpaired) electrons. The Morgan fingerprint density at radius 3 is 1.66 bits per heavy atom. The second-order valence-electron chi connectivity index (χ2n) is 10.6. The molecule has 210 valence electrons. The molecule has 2 unspecified atom stereocenters. The van der Waals surface area contributed by atoms with E-state index in [1.54, 1.807) is 0 Å². The lowest BCUT2D eigenvalue weighted by Crippen LogP contribution is -3.06. The zero-order valence-corrected chi connectivity index (χ0v) is 24.6. The number of carbonyl (C=O) groups is 1. The molecule has 0 bridgehead atoms. The molecule has 0 aliphatic rings. The van der Waals surface area contributed by atoms with Gasteiger partial charge in [-0.2, -0.15) is 0 Å². The number of quaternary nitrogens is 1. The summed E-state index contributed by atoms with van der Waals surface area (Å²) in [4.78, 5) is 23.0. The lowest BCUT2D eigenvalue weighted by molar-refractivity contribution is -0.858. The summed E-state index contributed by atoms with van der Waals surface area (Å²) in [5.74, 6) is 0.164. The normalized spacial score (nSPS) is 14.3. The average molecular weight is 521 g/mol. The predicted molar refractivity (Wildman–Crippen MR) is 147 cm³/mol. The minimum atomic E-state index is -4.06. The molecule has 0 saturated carbocycles. The van der Waals surface area contributed by atoms with Crippen molar-refractivity contribution in [2.75, 3.05) is 33.9 Å². The summed E-state index contributed by atoms with van der Waals surface area (Å²) < 4.78 is 22.4. The van der Waals surface area contributed by atoms with Crippen LogP contribution in [-0.4, -0.2) is 44.5 Å². The van der Waals surface area contributed by atoms with Crippen molar-refractivity contribution >= 4 is 13.6 Å². The van der Waals surface area contributed by atoms with Crippen LogP contribution in [0.1, 0.15) is 136 Å². The van der Waals surface area contributed by atoms with Crippen molar-refractivity contribution < 1.29 is 28.2 Å². The van der Waals surface area contributed by atoms with E-state index in [9.17, 15) is 14.3 Å². The molecule has 0 spiro atoms. The van der Waals surface area contributed by atoms with Crippen LogP contribution in [-0.2, 0) is 18.4 Å². The SMILES string of the molecule is CCCCCCCCCCCCCCCCCCC(COP(=O)(O)OCC[NH+](C)C)CC(=O)CC. The molecule has 35 heavy (non-hydrogen) atoms. The fourth-order valence-electron chi connectivity index (χ4n) is 4.29. The van der Waals surface area contributed by atoms with Crippen molar-refractivity contribution in [1.82, 2.24) is 0 Å². The number of phosphoric acid groups is 1. The standard InChI is InChI=1S/C28H58NO5P/c1-5-7-8-9-10-11-12-13-14-15-16-17-18-19-20-21-22-27(25-28(30)6-2)26-34-35(31,32)33-24-23-29(3)4/h27H,5-26H2,1-4H3,(H,31,32)/p+1. The highest BCUT2D eigenvalue weighted by molar-refractivity contribution is 7.47. The molecule has 0 saturated heterocycles. The fraction of sp³-hybridized carbons (Fsp3) is 0.964. The van der Waals surface area contributed by atoms with E-state index in [0.29, 0.717) is 19.4 Å². The van der Waals surface area contributed by atoms with Crippen LogP contribution in [0.5, 0.6) is 0 Å². The van der Waals surface area contributed by atoms with Gasteiger partial charge in [-0.3, -0.25) is 13.8 Å². The monoisotopic (exact) mass is 520 g/mol. The van der Waals surface area contributed by atoms with Crippen molar-refractivity contribution in [1.29, 1.82) is 0 Å². The van der Waals surface area contributed by atoms with Gasteiger partial charge in [0.05, 0.1) is 20.7 Å². The zero-order chi connectivity index (χ0) is 26.2. The molecule has 7 heteroatoms. The first-order valence-corrected chi connectivity index (χ1v) is 16.2. The topological polar surface area (TPSA) is 77.3 Å². The Balaban J connectivity index is 3.82. The Kier molecular flexibility index (Phi) is 23.9. The highest BCUT2D eigenvalue weighted by Crippen LogP contribution is 2.43. The maximum atomic E-state index is 12.1. The van der Waals surface area contributed by atoms with Crippen LogP contribution in [0.4, 0.5) is 0 Å². The average Bonchev–Trinajstić information content (AvgIpc) is 2.81. The summed E-state index contributed by atoms with van der Waals surface area (Å²) in [6.07, 6.45) is 23.1. The number of Topliss-reactive ketones (excluding diaryl/α,β-unsaturated/α-hetero) is 1. The second-order valence-corrected chi connectivity index (χ2v) is 12.1. The van der Waals surface area contributed by atoms with Crippen LogP contribution in [0.3, 0.4) is 0 Å². The molecule has 2 N–H and O–H groups in total. The Labute approximate surface area is 217 Å². The minimum absolute atomic E-state index is 0.0161. The number of nitrogens with one attached hydrogen (secondary N) is 1. The molecule has 0 aromatic heterocycles. The highest BCUT2D eigenvalue weighted by atomic mass is 31.2. The van der Waals surface area contributed by atoms with E-state index < -0.39 is 7.82 Å². The molecule has 0 aromatic rings. The Morgan fingerprint density at radius 2 is 1.23 bits per heavy atom. The number of likely N-dealkylation sites (N-methyl/N-ethyl adjacent to an activating group) is 1. The van der Waals surface area contributed by atoms with Crippen LogP contribution in [0.2, 0.25) is 0 Å². The molecule has 0 aliphatic carbocycles. The van der Waals surface area contributed by atoms with Crippen molar-refractivity contribution in [2.45, 2.75) is 136 Å². The van der Waals surface area contributed by atoms with Gasteiger partial charge >= 0.3 is 7.82 Å². The summed E-state index contributed by atoms with van der Waals surface area (Å²) in [7, 11) is -0.145. The van der Waals surface area contributed by atoms with Gasteiger partial charge in [0.15, 0.2) is 0 Å². The number of hydrogen-bond donors (Lipinski definition) is 2. The number of ketones is 1. The quantitative estimate of drug-likeness (QED) is 0.0910. The summed E-state index contributed by atoms with van der Waals surface area (Å²) in [6.45, 7) is 5.04. The molecule has 0 fully saturated rings. The first kappa shape index (κ1) is 34.7. The molecule has 0 heterocycles. The second kappa shape index (κ2) is 24.1. The third kappa shape index (κ3) is 25.2. The first-order chi connectivity index (χ1) is 16.8. The van der Waals surface area contributed by atoms with E-state index in [0.717, 1.165) is 24.2 Å². The Bertz CT molecular complexity index is 529. The van der Waals surface area contributed by atoms with Gasteiger partial charge in [-0.15, -0.1) is 0 Å². The highest BCUT2D eigenvalue weighted by Gasteiger charge is 2.24. The first-order valence-electron chi connectivity index (χ1n) is 14.7. The van der Waals surface area contributed by atoms with E-state index >= 15 is 0 Å². The minimum Gasteiger partial charge on any atom is -0.338 e. The fourth-order valence-corrected chi connectivity index (χ4v) is 5.09. The molecule has 0 amide bonds. The Morgan fingerprint density at radius 1 is 0.771 bits per heavy atom. The van der Waals surface area contributed by atoms with E-state index in [1.165, 1.54) is 89.9 Å². The van der Waals surface area contributed by atoms with Crippen LogP contribution < -0.4 is 4.90 Å². The molecular weight excluding hydrogens is 461 g/mol. The summed E-state index contributed by atoms with van der Waals surface area (Å²) in [5, 5.41) is 0. The van der Waals surface area contributed by atoms with Gasteiger partial charge in [-0.05, 0) is 12.3 Å². The van der Waals surface area contributed by atoms with Crippen molar-refractivity contribution in [2.24, 2.45) is 5.92 Å². The van der Waals surface area contributed by atoms with Gasteiger partial charge in [0.1, 0.15) is 18.9 Å². The maximum Gasteiger partial charge on any atom is 0.472 e. The van der Waals surface area contributed by atoms with Gasteiger partial charge in [0, 0.05) is 12.8 Å². The summed E-state index contributed by atoms with van der Waals surface area (Å²) in [5.41, 5.74) is 0. The lowest BCUT2D eigenvalue weighted by atomic mass is 9.95.